The second-order valence-electron chi connectivity index (χ2n) is 16.2. The van der Waals surface area contributed by atoms with Gasteiger partial charge in [0.2, 0.25) is 17.1 Å². The van der Waals surface area contributed by atoms with Crippen molar-refractivity contribution < 1.29 is 13.7 Å². The Morgan fingerprint density at radius 3 is 1.73 bits per heavy atom. The van der Waals surface area contributed by atoms with E-state index in [2.05, 4.69) is 223 Å². The van der Waals surface area contributed by atoms with Crippen molar-refractivity contribution in [2.24, 2.45) is 0 Å². The number of fused-ring (bicyclic) bond motifs is 18. The standard InChI is InChI=1S/C27H18N2.C16H12N.C15H10BrN/c1-2-10-20-19(9-1)16-18-29-26(20)22-12-4-6-14-24(22)27(29)23-13-5-3-11-21(23)25-15-7-8-17-28(25)27;1-3-7-14-12(5-1)9-10-17-11-13-6-2-4-8-15(13)16(14)17;16-14-8-4-3-7-13(14)15-12-6-2-1-5-11(12)9-10-17-15/h1-18H;1-10H,11H2;1-10H/q+2;+1;. The van der Waals surface area contributed by atoms with E-state index in [1.807, 2.05) is 42.6 Å². The molecule has 1 unspecified atom stereocenters. The van der Waals surface area contributed by atoms with Gasteiger partial charge in [-0.15, -0.1) is 9.13 Å². The predicted octanol–water partition coefficient (Wildman–Crippen LogP) is 12.5. The number of halogens is 1. The van der Waals surface area contributed by atoms with Crippen LogP contribution < -0.4 is 13.7 Å². The summed E-state index contributed by atoms with van der Waals surface area (Å²) in [6.07, 6.45) is 8.54. The van der Waals surface area contributed by atoms with Crippen LogP contribution in [0.15, 0.2) is 236 Å². The lowest BCUT2D eigenvalue weighted by molar-refractivity contribution is -0.954. The molecule has 3 aliphatic rings. The van der Waals surface area contributed by atoms with Crippen molar-refractivity contribution in [1.29, 1.82) is 0 Å². The van der Waals surface area contributed by atoms with E-state index in [1.165, 1.54) is 82.8 Å². The molecule has 7 heterocycles. The van der Waals surface area contributed by atoms with Gasteiger partial charge in [0.25, 0.3) is 0 Å². The van der Waals surface area contributed by atoms with Crippen LogP contribution in [0.3, 0.4) is 0 Å². The molecule has 63 heavy (non-hydrogen) atoms. The Balaban J connectivity index is 0.000000107. The highest BCUT2D eigenvalue weighted by Crippen LogP contribution is 2.48. The third-order valence-electron chi connectivity index (χ3n) is 12.9. The summed E-state index contributed by atoms with van der Waals surface area (Å²) in [5, 5.41) is 7.63. The first-order valence-corrected chi connectivity index (χ1v) is 22.2. The maximum atomic E-state index is 4.51. The number of aromatic nitrogens is 4. The molecule has 0 amide bonds. The largest absolute Gasteiger partial charge is 0.417 e. The summed E-state index contributed by atoms with van der Waals surface area (Å²) < 4.78 is 8.34. The van der Waals surface area contributed by atoms with E-state index in [9.17, 15) is 0 Å². The smallest absolute Gasteiger partial charge is 0.256 e. The second kappa shape index (κ2) is 15.1. The summed E-state index contributed by atoms with van der Waals surface area (Å²) in [7, 11) is 0. The number of benzene rings is 7. The molecule has 0 saturated carbocycles. The Morgan fingerprint density at radius 1 is 0.413 bits per heavy atom. The summed E-state index contributed by atoms with van der Waals surface area (Å²) >= 11 is 3.58. The first-order valence-electron chi connectivity index (χ1n) is 21.4. The van der Waals surface area contributed by atoms with Crippen LogP contribution in [0.5, 0.6) is 0 Å². The van der Waals surface area contributed by atoms with Gasteiger partial charge in [0.1, 0.15) is 11.1 Å². The molecule has 0 aliphatic carbocycles. The minimum atomic E-state index is -0.400. The van der Waals surface area contributed by atoms with Crippen LogP contribution in [-0.2, 0) is 12.2 Å². The van der Waals surface area contributed by atoms with Crippen LogP contribution in [0.2, 0.25) is 0 Å². The fraction of sp³-hybridized carbons (Fsp3) is 0.0345. The lowest BCUT2D eigenvalue weighted by atomic mass is 9.90. The summed E-state index contributed by atoms with van der Waals surface area (Å²) in [5.74, 6) is 0. The third kappa shape index (κ3) is 5.81. The van der Waals surface area contributed by atoms with E-state index in [1.54, 1.807) is 0 Å². The first kappa shape index (κ1) is 37.2. The molecule has 3 aliphatic heterocycles. The average Bonchev–Trinajstić information content (AvgIpc) is 3.99. The van der Waals surface area contributed by atoms with Gasteiger partial charge in [0.05, 0.1) is 33.2 Å². The van der Waals surface area contributed by atoms with Crippen LogP contribution >= 0.6 is 15.9 Å². The maximum Gasteiger partial charge on any atom is 0.417 e. The average molecular weight is 873 g/mol. The lowest BCUT2D eigenvalue weighted by Gasteiger charge is -2.17. The molecular formula is C58H40BrN4+3. The quantitative estimate of drug-likeness (QED) is 0.151. The van der Waals surface area contributed by atoms with Crippen LogP contribution in [0.1, 0.15) is 16.7 Å². The molecule has 0 saturated heterocycles. The lowest BCUT2D eigenvalue weighted by Crippen LogP contribution is -2.71. The number of nitrogens with zero attached hydrogens (tertiary/aromatic N) is 4. The van der Waals surface area contributed by atoms with E-state index in [-0.39, 0.29) is 0 Å². The van der Waals surface area contributed by atoms with Gasteiger partial charge in [-0.1, -0.05) is 137 Å². The van der Waals surface area contributed by atoms with Crippen LogP contribution in [0.4, 0.5) is 0 Å². The zero-order valence-electron chi connectivity index (χ0n) is 34.3. The molecule has 0 N–H and O–H groups in total. The minimum Gasteiger partial charge on any atom is -0.256 e. The number of hydrogen-bond acceptors (Lipinski definition) is 1. The molecule has 4 aromatic heterocycles. The van der Waals surface area contributed by atoms with E-state index in [0.29, 0.717) is 0 Å². The zero-order chi connectivity index (χ0) is 41.9. The predicted molar refractivity (Wildman–Crippen MR) is 257 cm³/mol. The van der Waals surface area contributed by atoms with Gasteiger partial charge in [-0.05, 0) is 76.8 Å². The summed E-state index contributed by atoms with van der Waals surface area (Å²) in [6, 6.07) is 73.2. The Labute approximate surface area is 374 Å². The molecule has 4 nitrogen and oxygen atoms in total. The van der Waals surface area contributed by atoms with Gasteiger partial charge >= 0.3 is 5.66 Å². The Hall–Kier alpha value is -7.60. The Kier molecular flexibility index (Phi) is 8.91. The van der Waals surface area contributed by atoms with E-state index >= 15 is 0 Å². The molecular weight excluding hydrogens is 833 g/mol. The fourth-order valence-electron chi connectivity index (χ4n) is 10.2. The molecule has 14 rings (SSSR count). The van der Waals surface area contributed by atoms with Gasteiger partial charge in [0.15, 0.2) is 25.1 Å². The van der Waals surface area contributed by atoms with Gasteiger partial charge in [-0.2, -0.15) is 4.57 Å². The van der Waals surface area contributed by atoms with Crippen molar-refractivity contribution in [2.45, 2.75) is 12.2 Å². The minimum absolute atomic E-state index is 0.400. The number of hydrogen-bond donors (Lipinski definition) is 0. The van der Waals surface area contributed by atoms with Crippen LogP contribution in [-0.4, -0.2) is 4.98 Å². The molecule has 1 atom stereocenters. The molecule has 11 aromatic rings. The Morgan fingerprint density at radius 2 is 0.968 bits per heavy atom. The molecule has 0 bridgehead atoms. The summed E-state index contributed by atoms with van der Waals surface area (Å²) in [6.45, 7) is 0.996. The normalized spacial score (nSPS) is 14.4. The van der Waals surface area contributed by atoms with Crippen molar-refractivity contribution >= 4 is 48.2 Å². The molecule has 0 radical (unpaired) electrons. The van der Waals surface area contributed by atoms with Crippen LogP contribution in [0.25, 0.3) is 77.3 Å². The van der Waals surface area contributed by atoms with Gasteiger partial charge in [-0.3, -0.25) is 4.98 Å². The van der Waals surface area contributed by atoms with E-state index in [4.69, 9.17) is 0 Å². The fourth-order valence-corrected chi connectivity index (χ4v) is 10.7. The third-order valence-corrected chi connectivity index (χ3v) is 13.6. The number of pyridine rings is 4. The van der Waals surface area contributed by atoms with Crippen molar-refractivity contribution in [3.05, 3.63) is 252 Å². The van der Waals surface area contributed by atoms with Gasteiger partial charge in [-0.25, -0.2) is 0 Å². The van der Waals surface area contributed by atoms with E-state index < -0.39 is 5.66 Å². The molecule has 1 spiro atoms. The Bertz CT molecular complexity index is 3540. The van der Waals surface area contributed by atoms with E-state index in [0.717, 1.165) is 22.3 Å². The maximum absolute atomic E-state index is 4.51. The second-order valence-corrected chi connectivity index (χ2v) is 17.1. The number of rotatable bonds is 1. The van der Waals surface area contributed by atoms with Gasteiger partial charge in [0, 0.05) is 51.4 Å². The molecule has 5 heteroatoms. The van der Waals surface area contributed by atoms with Crippen molar-refractivity contribution in [3.63, 3.8) is 0 Å². The first-order chi connectivity index (χ1) is 31.2. The van der Waals surface area contributed by atoms with Crippen molar-refractivity contribution in [3.8, 4) is 45.0 Å². The van der Waals surface area contributed by atoms with Crippen LogP contribution in [0, 0.1) is 0 Å². The molecule has 7 aromatic carbocycles. The highest BCUT2D eigenvalue weighted by Gasteiger charge is 2.66. The topological polar surface area (TPSA) is 24.5 Å². The van der Waals surface area contributed by atoms with Crippen molar-refractivity contribution in [1.82, 2.24) is 4.98 Å². The van der Waals surface area contributed by atoms with Gasteiger partial charge < -0.3 is 0 Å². The SMILES string of the molecule is Brc1ccccc1-c1nccc2ccccc12.c1ccc2c(c1)-c1cccc[n+]1C21c2ccccc2-c2c3ccccc3cc[n+]21.c1ccc2c(c1)C[n+]1ccc3ccccc3c1-2. The highest BCUT2D eigenvalue weighted by molar-refractivity contribution is 9.10. The monoisotopic (exact) mass is 871 g/mol. The summed E-state index contributed by atoms with van der Waals surface area (Å²) in [4.78, 5) is 4.51. The highest BCUT2D eigenvalue weighted by atomic mass is 79.9. The zero-order valence-corrected chi connectivity index (χ0v) is 35.9. The summed E-state index contributed by atoms with van der Waals surface area (Å²) in [5.41, 5.74) is 13.7. The molecule has 296 valence electrons. The van der Waals surface area contributed by atoms with Crippen molar-refractivity contribution in [2.75, 3.05) is 0 Å². The molecule has 0 fully saturated rings.